The van der Waals surface area contributed by atoms with Crippen LogP contribution in [-0.4, -0.2) is 17.6 Å². The van der Waals surface area contributed by atoms with Crippen LogP contribution in [0.1, 0.15) is 24.8 Å². The average Bonchev–Trinajstić information content (AvgIpc) is 3.13. The van der Waals surface area contributed by atoms with Gasteiger partial charge in [-0.1, -0.05) is 18.0 Å². The minimum atomic E-state index is 0.115. The molecule has 0 unspecified atom stereocenters. The van der Waals surface area contributed by atoms with E-state index in [1.807, 2.05) is 12.1 Å². The van der Waals surface area contributed by atoms with E-state index in [1.54, 1.807) is 12.1 Å². The maximum absolute atomic E-state index is 8.50. The highest BCUT2D eigenvalue weighted by molar-refractivity contribution is 5.97. The van der Waals surface area contributed by atoms with Crippen molar-refractivity contribution in [1.29, 1.82) is 0 Å². The highest BCUT2D eigenvalue weighted by Gasteiger charge is 2.20. The van der Waals surface area contributed by atoms with Crippen molar-refractivity contribution < 1.29 is 9.94 Å². The fraction of sp³-hybridized carbons (Fsp3) is 0.417. The number of nitrogens with zero attached hydrogens (tertiary/aromatic N) is 1. The van der Waals surface area contributed by atoms with Gasteiger partial charge >= 0.3 is 0 Å². The summed E-state index contributed by atoms with van der Waals surface area (Å²) in [6.45, 7) is 0.771. The first kappa shape index (κ1) is 10.8. The number of oxime groups is 1. The van der Waals surface area contributed by atoms with Gasteiger partial charge in [-0.25, -0.2) is 0 Å². The van der Waals surface area contributed by atoms with Gasteiger partial charge in [0, 0.05) is 5.56 Å². The molecule has 0 amide bonds. The molecule has 0 heterocycles. The third-order valence-electron chi connectivity index (χ3n) is 2.75. The lowest BCUT2D eigenvalue weighted by Crippen LogP contribution is -2.12. The van der Waals surface area contributed by atoms with Gasteiger partial charge < -0.3 is 15.7 Å². The summed E-state index contributed by atoms with van der Waals surface area (Å²) < 4.78 is 5.58. The molecule has 0 saturated heterocycles. The molecule has 1 fully saturated rings. The zero-order valence-corrected chi connectivity index (χ0v) is 9.10. The Morgan fingerprint density at radius 3 is 2.62 bits per heavy atom. The van der Waals surface area contributed by atoms with Crippen molar-refractivity contribution in [2.45, 2.75) is 19.3 Å². The van der Waals surface area contributed by atoms with Crippen molar-refractivity contribution in [2.75, 3.05) is 6.61 Å². The lowest BCUT2D eigenvalue weighted by Gasteiger charge is -2.06. The Morgan fingerprint density at radius 2 is 2.06 bits per heavy atom. The number of rotatable bonds is 5. The maximum atomic E-state index is 8.50. The first-order valence-corrected chi connectivity index (χ1v) is 5.50. The average molecular weight is 220 g/mol. The van der Waals surface area contributed by atoms with Gasteiger partial charge in [-0.15, -0.1) is 0 Å². The Hall–Kier alpha value is -1.71. The molecule has 0 aliphatic heterocycles. The van der Waals surface area contributed by atoms with Gasteiger partial charge in [0.1, 0.15) is 5.75 Å². The lowest BCUT2D eigenvalue weighted by molar-refractivity contribution is 0.302. The largest absolute Gasteiger partial charge is 0.494 e. The molecule has 1 aliphatic rings. The zero-order chi connectivity index (χ0) is 11.4. The molecule has 0 atom stereocenters. The molecule has 1 aromatic carbocycles. The van der Waals surface area contributed by atoms with Crippen LogP contribution in [0.15, 0.2) is 29.4 Å². The van der Waals surface area contributed by atoms with E-state index < -0.39 is 0 Å². The van der Waals surface area contributed by atoms with E-state index in [0.29, 0.717) is 5.56 Å². The number of hydrogen-bond donors (Lipinski definition) is 2. The van der Waals surface area contributed by atoms with Gasteiger partial charge in [0.15, 0.2) is 5.84 Å². The van der Waals surface area contributed by atoms with E-state index in [1.165, 1.54) is 12.8 Å². The summed E-state index contributed by atoms with van der Waals surface area (Å²) in [6.07, 6.45) is 3.85. The smallest absolute Gasteiger partial charge is 0.170 e. The molecule has 1 aliphatic carbocycles. The number of ether oxygens (including phenoxy) is 1. The Balaban J connectivity index is 1.85. The number of amidine groups is 1. The van der Waals surface area contributed by atoms with E-state index >= 15 is 0 Å². The molecular weight excluding hydrogens is 204 g/mol. The molecule has 3 N–H and O–H groups in total. The summed E-state index contributed by atoms with van der Waals surface area (Å²) in [4.78, 5) is 0. The molecule has 0 radical (unpaired) electrons. The second-order valence-corrected chi connectivity index (χ2v) is 4.09. The van der Waals surface area contributed by atoms with E-state index in [4.69, 9.17) is 15.7 Å². The van der Waals surface area contributed by atoms with E-state index in [9.17, 15) is 0 Å². The second kappa shape index (κ2) is 4.88. The zero-order valence-electron chi connectivity index (χ0n) is 9.10. The van der Waals surface area contributed by atoms with Crippen LogP contribution in [0.25, 0.3) is 0 Å². The quantitative estimate of drug-likeness (QED) is 0.345. The van der Waals surface area contributed by atoms with Gasteiger partial charge in [0.05, 0.1) is 6.61 Å². The van der Waals surface area contributed by atoms with Crippen LogP contribution in [0.4, 0.5) is 0 Å². The highest BCUT2D eigenvalue weighted by atomic mass is 16.5. The van der Waals surface area contributed by atoms with Gasteiger partial charge in [0.2, 0.25) is 0 Å². The van der Waals surface area contributed by atoms with Crippen LogP contribution in [0.5, 0.6) is 5.75 Å². The second-order valence-electron chi connectivity index (χ2n) is 4.09. The van der Waals surface area contributed by atoms with Crippen molar-refractivity contribution in [3.05, 3.63) is 29.8 Å². The summed E-state index contributed by atoms with van der Waals surface area (Å²) >= 11 is 0. The Labute approximate surface area is 94.7 Å². The summed E-state index contributed by atoms with van der Waals surface area (Å²) in [5, 5.41) is 11.4. The van der Waals surface area contributed by atoms with Gasteiger partial charge in [-0.2, -0.15) is 0 Å². The third-order valence-corrected chi connectivity index (χ3v) is 2.75. The molecule has 0 bridgehead atoms. The molecule has 4 nitrogen and oxygen atoms in total. The van der Waals surface area contributed by atoms with Gasteiger partial charge in [-0.05, 0) is 36.6 Å². The standard InChI is InChI=1S/C12H16N2O2/c13-12(14-15)10-3-5-11(6-4-10)16-8-7-9-1-2-9/h3-6,9,15H,1-2,7-8H2,(H2,13,14). The SMILES string of the molecule is NC(=NO)c1ccc(OCCC2CC2)cc1. The summed E-state index contributed by atoms with van der Waals surface area (Å²) in [7, 11) is 0. The van der Waals surface area contributed by atoms with Crippen molar-refractivity contribution in [1.82, 2.24) is 0 Å². The summed E-state index contributed by atoms with van der Waals surface area (Å²) in [5.74, 6) is 1.83. The third kappa shape index (κ3) is 2.89. The molecule has 86 valence electrons. The van der Waals surface area contributed by atoms with E-state index in [0.717, 1.165) is 24.7 Å². The van der Waals surface area contributed by atoms with Crippen molar-refractivity contribution in [2.24, 2.45) is 16.8 Å². The Morgan fingerprint density at radius 1 is 1.38 bits per heavy atom. The molecule has 0 aromatic heterocycles. The molecular formula is C12H16N2O2. The van der Waals surface area contributed by atoms with Crippen molar-refractivity contribution in [3.8, 4) is 5.75 Å². The monoisotopic (exact) mass is 220 g/mol. The minimum Gasteiger partial charge on any atom is -0.494 e. The number of benzene rings is 1. The fourth-order valence-electron chi connectivity index (χ4n) is 1.53. The Bertz CT molecular complexity index is 369. The predicted octanol–water partition coefficient (Wildman–Crippen LogP) is 1.96. The normalized spacial score (nSPS) is 16.1. The van der Waals surface area contributed by atoms with Gasteiger partial charge in [0.25, 0.3) is 0 Å². The van der Waals surface area contributed by atoms with Crippen molar-refractivity contribution in [3.63, 3.8) is 0 Å². The lowest BCUT2D eigenvalue weighted by atomic mass is 10.2. The number of nitrogens with two attached hydrogens (primary N) is 1. The van der Waals surface area contributed by atoms with Crippen LogP contribution in [0.2, 0.25) is 0 Å². The molecule has 1 aromatic rings. The molecule has 4 heteroatoms. The van der Waals surface area contributed by atoms with Crippen molar-refractivity contribution >= 4 is 5.84 Å². The van der Waals surface area contributed by atoms with E-state index in [2.05, 4.69) is 5.16 Å². The fourth-order valence-corrected chi connectivity index (χ4v) is 1.53. The van der Waals surface area contributed by atoms with Crippen LogP contribution in [0.3, 0.4) is 0 Å². The first-order valence-electron chi connectivity index (χ1n) is 5.50. The Kier molecular flexibility index (Phi) is 3.29. The van der Waals surface area contributed by atoms with Gasteiger partial charge in [-0.3, -0.25) is 0 Å². The summed E-state index contributed by atoms with van der Waals surface area (Å²) in [6, 6.07) is 7.23. The molecule has 2 rings (SSSR count). The first-order chi connectivity index (χ1) is 7.79. The van der Waals surface area contributed by atoms with E-state index in [-0.39, 0.29) is 5.84 Å². The van der Waals surface area contributed by atoms with Crippen LogP contribution in [-0.2, 0) is 0 Å². The van der Waals surface area contributed by atoms with Crippen LogP contribution < -0.4 is 10.5 Å². The summed E-state index contributed by atoms with van der Waals surface area (Å²) in [5.41, 5.74) is 6.14. The number of hydrogen-bond acceptors (Lipinski definition) is 3. The maximum Gasteiger partial charge on any atom is 0.170 e. The minimum absolute atomic E-state index is 0.115. The molecule has 0 spiro atoms. The predicted molar refractivity (Wildman–Crippen MR) is 61.8 cm³/mol. The highest BCUT2D eigenvalue weighted by Crippen LogP contribution is 2.32. The topological polar surface area (TPSA) is 67.8 Å². The van der Waals surface area contributed by atoms with Crippen LogP contribution >= 0.6 is 0 Å². The van der Waals surface area contributed by atoms with Crippen LogP contribution in [0, 0.1) is 5.92 Å². The molecule has 1 saturated carbocycles. The molecule has 16 heavy (non-hydrogen) atoms.